The number of rotatable bonds is 10. The standard InChI is InChI=1S/C19H22FNO5S.C6H4Cl2/c1-25-16-9-14(8-15(20)10-16)17-7-13(11-21(27-2)5-6-22)3-4-18(17)26-12-19(23)24;7-5-3-1-2-4-6(5)8/h3-4,7-10,22H,5-6,11-12H2,1-2H3,(H,23,24);1-4H. The van der Waals surface area contributed by atoms with Crippen LogP contribution in [0.15, 0.2) is 60.7 Å². The Morgan fingerprint density at radius 3 is 2.31 bits per heavy atom. The molecule has 0 radical (unpaired) electrons. The normalized spacial score (nSPS) is 10.5. The third-order valence-electron chi connectivity index (χ3n) is 4.60. The van der Waals surface area contributed by atoms with Crippen LogP contribution in [0, 0.1) is 5.82 Å². The van der Waals surface area contributed by atoms with Gasteiger partial charge < -0.3 is 19.7 Å². The first-order valence-electron chi connectivity index (χ1n) is 10.4. The second kappa shape index (κ2) is 14.8. The van der Waals surface area contributed by atoms with Crippen molar-refractivity contribution in [3.8, 4) is 22.6 Å². The highest BCUT2D eigenvalue weighted by atomic mass is 35.5. The molecule has 2 N–H and O–H groups in total. The number of hydrogen-bond donors (Lipinski definition) is 2. The summed E-state index contributed by atoms with van der Waals surface area (Å²) in [5, 5.41) is 19.2. The highest BCUT2D eigenvalue weighted by Gasteiger charge is 2.14. The van der Waals surface area contributed by atoms with Gasteiger partial charge >= 0.3 is 5.97 Å². The molecule has 0 saturated heterocycles. The molecular formula is C25H26Cl2FNO5S. The molecule has 0 spiro atoms. The number of methoxy groups -OCH3 is 1. The van der Waals surface area contributed by atoms with Crippen LogP contribution in [0.5, 0.6) is 11.5 Å². The number of aliphatic hydroxyl groups is 1. The van der Waals surface area contributed by atoms with Crippen LogP contribution in [-0.2, 0) is 11.3 Å². The number of benzene rings is 3. The Balaban J connectivity index is 0.000000456. The van der Waals surface area contributed by atoms with E-state index in [0.717, 1.165) is 5.56 Å². The Labute approximate surface area is 218 Å². The lowest BCUT2D eigenvalue weighted by Crippen LogP contribution is -2.18. The molecule has 0 unspecified atom stereocenters. The summed E-state index contributed by atoms with van der Waals surface area (Å²) in [5.41, 5.74) is 2.00. The van der Waals surface area contributed by atoms with E-state index in [9.17, 15) is 9.18 Å². The van der Waals surface area contributed by atoms with Gasteiger partial charge in [0.1, 0.15) is 17.3 Å². The Kier molecular flexibility index (Phi) is 12.2. The van der Waals surface area contributed by atoms with Gasteiger partial charge in [0.2, 0.25) is 0 Å². The van der Waals surface area contributed by atoms with Crippen LogP contribution < -0.4 is 9.47 Å². The number of hydrogen-bond acceptors (Lipinski definition) is 6. The second-order valence-corrected chi connectivity index (χ2v) is 8.77. The van der Waals surface area contributed by atoms with Crippen molar-refractivity contribution >= 4 is 41.1 Å². The average molecular weight is 542 g/mol. The molecule has 188 valence electrons. The zero-order valence-corrected chi connectivity index (χ0v) is 21.5. The van der Waals surface area contributed by atoms with Crippen molar-refractivity contribution in [2.24, 2.45) is 0 Å². The Morgan fingerprint density at radius 1 is 1.09 bits per heavy atom. The van der Waals surface area contributed by atoms with Crippen LogP contribution in [0.25, 0.3) is 11.1 Å². The van der Waals surface area contributed by atoms with Gasteiger partial charge in [0.25, 0.3) is 0 Å². The van der Waals surface area contributed by atoms with Crippen molar-refractivity contribution in [3.63, 3.8) is 0 Å². The molecule has 0 heterocycles. The van der Waals surface area contributed by atoms with Gasteiger partial charge in [-0.3, -0.25) is 0 Å². The molecule has 3 aromatic rings. The summed E-state index contributed by atoms with van der Waals surface area (Å²) in [4.78, 5) is 10.9. The predicted octanol–water partition coefficient (Wildman–Crippen LogP) is 6.03. The van der Waals surface area contributed by atoms with E-state index in [0.29, 0.717) is 45.8 Å². The second-order valence-electron chi connectivity index (χ2n) is 7.08. The molecule has 35 heavy (non-hydrogen) atoms. The van der Waals surface area contributed by atoms with Crippen molar-refractivity contribution in [1.82, 2.24) is 4.31 Å². The Morgan fingerprint density at radius 2 is 1.77 bits per heavy atom. The number of halogens is 3. The summed E-state index contributed by atoms with van der Waals surface area (Å²) < 4.78 is 26.4. The zero-order chi connectivity index (χ0) is 25.8. The number of ether oxygens (including phenoxy) is 2. The van der Waals surface area contributed by atoms with Gasteiger partial charge in [-0.15, -0.1) is 0 Å². The fourth-order valence-electron chi connectivity index (χ4n) is 2.99. The number of carboxylic acid groups (broad SMARTS) is 1. The van der Waals surface area contributed by atoms with Crippen molar-refractivity contribution in [2.75, 3.05) is 33.1 Å². The molecule has 3 rings (SSSR count). The molecule has 0 atom stereocenters. The third kappa shape index (κ3) is 9.58. The van der Waals surface area contributed by atoms with Gasteiger partial charge in [-0.2, -0.15) is 0 Å². The molecule has 0 aliphatic heterocycles. The number of carboxylic acids is 1. The smallest absolute Gasteiger partial charge is 0.341 e. The molecule has 0 aliphatic rings. The lowest BCUT2D eigenvalue weighted by atomic mass is 10.0. The molecule has 0 bridgehead atoms. The van der Waals surface area contributed by atoms with Crippen molar-refractivity contribution in [1.29, 1.82) is 0 Å². The van der Waals surface area contributed by atoms with E-state index in [-0.39, 0.29) is 6.61 Å². The van der Waals surface area contributed by atoms with Gasteiger partial charge in [0.15, 0.2) is 6.61 Å². The Hall–Kier alpha value is -2.49. The first-order valence-corrected chi connectivity index (χ1v) is 12.3. The minimum absolute atomic E-state index is 0.0363. The SMILES string of the molecule is COc1cc(F)cc(-c2cc(CN(CCO)SC)ccc2OCC(=O)O)c1.Clc1ccccc1Cl. The topological polar surface area (TPSA) is 79.2 Å². The van der Waals surface area contributed by atoms with E-state index in [2.05, 4.69) is 0 Å². The molecule has 10 heteroatoms. The maximum absolute atomic E-state index is 14.0. The lowest BCUT2D eigenvalue weighted by Gasteiger charge is -2.19. The largest absolute Gasteiger partial charge is 0.497 e. The van der Waals surface area contributed by atoms with Crippen LogP contribution >= 0.6 is 35.1 Å². The molecule has 0 aliphatic carbocycles. The van der Waals surface area contributed by atoms with E-state index < -0.39 is 18.4 Å². The molecule has 0 aromatic heterocycles. The van der Waals surface area contributed by atoms with Gasteiger partial charge in [0, 0.05) is 24.7 Å². The Bertz CT molecular complexity index is 1100. The highest BCUT2D eigenvalue weighted by molar-refractivity contribution is 7.96. The van der Waals surface area contributed by atoms with E-state index >= 15 is 0 Å². The molecule has 0 amide bonds. The van der Waals surface area contributed by atoms with Crippen LogP contribution in [0.4, 0.5) is 4.39 Å². The van der Waals surface area contributed by atoms with Crippen LogP contribution in [0.2, 0.25) is 10.0 Å². The first kappa shape index (κ1) is 28.7. The summed E-state index contributed by atoms with van der Waals surface area (Å²) in [7, 11) is 1.45. The van der Waals surface area contributed by atoms with Crippen LogP contribution in [0.3, 0.4) is 0 Å². The molecule has 0 saturated carbocycles. The zero-order valence-electron chi connectivity index (χ0n) is 19.2. The van der Waals surface area contributed by atoms with Crippen LogP contribution in [-0.4, -0.2) is 53.6 Å². The van der Waals surface area contributed by atoms with Gasteiger partial charge in [-0.05, 0) is 53.8 Å². The summed E-state index contributed by atoms with van der Waals surface area (Å²) in [6.45, 7) is 0.594. The number of aliphatic carboxylic acids is 1. The van der Waals surface area contributed by atoms with Gasteiger partial charge in [-0.25, -0.2) is 13.5 Å². The van der Waals surface area contributed by atoms with Gasteiger partial charge in [-0.1, -0.05) is 53.3 Å². The average Bonchev–Trinajstić information content (AvgIpc) is 2.84. The highest BCUT2D eigenvalue weighted by Crippen LogP contribution is 2.34. The monoisotopic (exact) mass is 541 g/mol. The number of nitrogens with zero attached hydrogens (tertiary/aromatic N) is 1. The maximum Gasteiger partial charge on any atom is 0.341 e. The van der Waals surface area contributed by atoms with Crippen molar-refractivity contribution in [3.05, 3.63) is 82.1 Å². The fourth-order valence-corrected chi connectivity index (χ4v) is 3.81. The fraction of sp³-hybridized carbons (Fsp3) is 0.240. The summed E-state index contributed by atoms with van der Waals surface area (Å²) in [6, 6.07) is 16.8. The van der Waals surface area contributed by atoms with E-state index in [1.165, 1.54) is 31.2 Å². The molecule has 0 fully saturated rings. The molecule has 3 aromatic carbocycles. The van der Waals surface area contributed by atoms with E-state index in [4.69, 9.17) is 42.9 Å². The van der Waals surface area contributed by atoms with E-state index in [1.807, 2.05) is 34.8 Å². The first-order chi connectivity index (χ1) is 16.8. The van der Waals surface area contributed by atoms with Gasteiger partial charge in [0.05, 0.1) is 23.8 Å². The molecular weight excluding hydrogens is 516 g/mol. The summed E-state index contributed by atoms with van der Waals surface area (Å²) in [5.74, 6) is -0.874. The third-order valence-corrected chi connectivity index (χ3v) is 6.19. The minimum atomic E-state index is -1.10. The number of carbonyl (C=O) groups is 1. The van der Waals surface area contributed by atoms with E-state index in [1.54, 1.807) is 24.3 Å². The number of aliphatic hydroxyl groups excluding tert-OH is 1. The van der Waals surface area contributed by atoms with Crippen LogP contribution in [0.1, 0.15) is 5.56 Å². The molecule has 6 nitrogen and oxygen atoms in total. The maximum atomic E-state index is 14.0. The lowest BCUT2D eigenvalue weighted by molar-refractivity contribution is -0.139. The summed E-state index contributed by atoms with van der Waals surface area (Å²) >= 11 is 12.7. The van der Waals surface area contributed by atoms with Crippen molar-refractivity contribution in [2.45, 2.75) is 6.54 Å². The quantitative estimate of drug-likeness (QED) is 0.303. The summed E-state index contributed by atoms with van der Waals surface area (Å²) in [6.07, 6.45) is 1.92. The van der Waals surface area contributed by atoms with Crippen molar-refractivity contribution < 1.29 is 28.9 Å². The minimum Gasteiger partial charge on any atom is -0.497 e. The predicted molar refractivity (Wildman–Crippen MR) is 139 cm³/mol.